The molecule has 1 atom stereocenters. The number of aryl methyl sites for hydroxylation is 2. The van der Waals surface area contributed by atoms with Crippen LogP contribution in [0.15, 0.2) is 47.4 Å². The number of hydrogen-bond acceptors (Lipinski definition) is 7. The standard InChI is InChI=1S/C29H34N4O6/c1-17(34)32-22-10-8-18-13-25(37-3)28(38-4)29(39-5)27(18)20-9-11-23(24(35)14-21(20)22)30-16-26(36)31-15-19-7-6-12-33(19)2/h6-7,9,11-14,22H,8,10,15-16H2,1-5H3,(H,30,35)(H,31,36)(H,32,34)/t22-/m0/s1. The van der Waals surface area contributed by atoms with Gasteiger partial charge in [-0.2, -0.15) is 0 Å². The van der Waals surface area contributed by atoms with E-state index in [0.29, 0.717) is 42.2 Å². The van der Waals surface area contributed by atoms with Crippen molar-refractivity contribution in [3.63, 3.8) is 0 Å². The maximum absolute atomic E-state index is 13.3. The number of amides is 2. The first-order chi connectivity index (χ1) is 18.8. The van der Waals surface area contributed by atoms with Gasteiger partial charge in [0.1, 0.15) is 0 Å². The largest absolute Gasteiger partial charge is 0.493 e. The number of aromatic nitrogens is 1. The Bertz CT molecular complexity index is 1450. The van der Waals surface area contributed by atoms with E-state index >= 15 is 0 Å². The number of ether oxygens (including phenoxy) is 3. The predicted molar refractivity (Wildman–Crippen MR) is 148 cm³/mol. The summed E-state index contributed by atoms with van der Waals surface area (Å²) in [5, 5.41) is 8.81. The maximum atomic E-state index is 13.3. The number of methoxy groups -OCH3 is 3. The van der Waals surface area contributed by atoms with E-state index in [0.717, 1.165) is 22.4 Å². The number of fused-ring (bicyclic) bond motifs is 3. The van der Waals surface area contributed by atoms with Crippen molar-refractivity contribution in [3.05, 3.63) is 69.6 Å². The molecule has 4 rings (SSSR count). The van der Waals surface area contributed by atoms with Gasteiger partial charge in [0, 0.05) is 31.4 Å². The van der Waals surface area contributed by atoms with E-state index in [9.17, 15) is 14.4 Å². The van der Waals surface area contributed by atoms with Gasteiger partial charge in [0.2, 0.25) is 23.0 Å². The normalized spacial score (nSPS) is 13.8. The van der Waals surface area contributed by atoms with Crippen LogP contribution in [0.4, 0.5) is 5.69 Å². The second kappa shape index (κ2) is 11.9. The molecular formula is C29H34N4O6. The van der Waals surface area contributed by atoms with Crippen LogP contribution in [0.25, 0.3) is 11.1 Å². The van der Waals surface area contributed by atoms with Crippen LogP contribution in [0, 0.1) is 0 Å². The van der Waals surface area contributed by atoms with Gasteiger partial charge in [-0.05, 0) is 59.9 Å². The minimum atomic E-state index is -0.409. The van der Waals surface area contributed by atoms with Crippen molar-refractivity contribution in [1.29, 1.82) is 0 Å². The highest BCUT2D eigenvalue weighted by Crippen LogP contribution is 2.50. The Balaban J connectivity index is 1.73. The lowest BCUT2D eigenvalue weighted by Gasteiger charge is -2.19. The fraction of sp³-hybridized carbons (Fsp3) is 0.345. The van der Waals surface area contributed by atoms with Gasteiger partial charge in [0.25, 0.3) is 0 Å². The Labute approximate surface area is 227 Å². The van der Waals surface area contributed by atoms with Gasteiger partial charge in [0.05, 0.1) is 46.1 Å². The summed E-state index contributed by atoms with van der Waals surface area (Å²) in [6.45, 7) is 1.76. The van der Waals surface area contributed by atoms with Crippen LogP contribution in [-0.4, -0.2) is 44.3 Å². The van der Waals surface area contributed by atoms with Crippen molar-refractivity contribution in [2.75, 3.05) is 33.2 Å². The monoisotopic (exact) mass is 534 g/mol. The number of rotatable bonds is 9. The van der Waals surface area contributed by atoms with Gasteiger partial charge < -0.3 is 34.7 Å². The molecule has 10 nitrogen and oxygen atoms in total. The molecule has 3 aromatic rings. The quantitative estimate of drug-likeness (QED) is 0.386. The van der Waals surface area contributed by atoms with Gasteiger partial charge in [-0.3, -0.25) is 14.4 Å². The average molecular weight is 535 g/mol. The van der Waals surface area contributed by atoms with Gasteiger partial charge in [-0.15, -0.1) is 0 Å². The number of nitrogens with zero attached hydrogens (tertiary/aromatic N) is 1. The molecule has 1 aromatic heterocycles. The zero-order valence-electron chi connectivity index (χ0n) is 22.8. The molecule has 1 aliphatic carbocycles. The summed E-state index contributed by atoms with van der Waals surface area (Å²) in [5.41, 5.74) is 4.00. The van der Waals surface area contributed by atoms with E-state index in [1.807, 2.05) is 42.1 Å². The molecule has 0 saturated heterocycles. The molecule has 0 aliphatic heterocycles. The molecule has 0 unspecified atom stereocenters. The summed E-state index contributed by atoms with van der Waals surface area (Å²) >= 11 is 0. The van der Waals surface area contributed by atoms with Crippen LogP contribution in [-0.2, 0) is 29.6 Å². The first-order valence-electron chi connectivity index (χ1n) is 12.7. The molecule has 0 spiro atoms. The van der Waals surface area contributed by atoms with E-state index < -0.39 is 6.04 Å². The van der Waals surface area contributed by atoms with E-state index in [2.05, 4.69) is 16.0 Å². The van der Waals surface area contributed by atoms with E-state index in [1.165, 1.54) is 20.1 Å². The van der Waals surface area contributed by atoms with Gasteiger partial charge in [-0.1, -0.05) is 6.07 Å². The summed E-state index contributed by atoms with van der Waals surface area (Å²) in [5.74, 6) is 0.991. The Morgan fingerprint density at radius 3 is 2.46 bits per heavy atom. The van der Waals surface area contributed by atoms with Crippen molar-refractivity contribution >= 4 is 17.5 Å². The highest BCUT2D eigenvalue weighted by atomic mass is 16.5. The molecule has 0 radical (unpaired) electrons. The molecule has 2 amide bonds. The highest BCUT2D eigenvalue weighted by Gasteiger charge is 2.29. The number of hydrogen-bond donors (Lipinski definition) is 3. The zero-order valence-corrected chi connectivity index (χ0v) is 22.8. The highest BCUT2D eigenvalue weighted by molar-refractivity contribution is 5.84. The van der Waals surface area contributed by atoms with Crippen molar-refractivity contribution in [3.8, 4) is 28.4 Å². The number of benzene rings is 1. The van der Waals surface area contributed by atoms with Crippen LogP contribution < -0.4 is 35.6 Å². The summed E-state index contributed by atoms with van der Waals surface area (Å²) in [7, 11) is 6.56. The van der Waals surface area contributed by atoms with Crippen molar-refractivity contribution in [1.82, 2.24) is 15.2 Å². The Morgan fingerprint density at radius 2 is 1.82 bits per heavy atom. The molecule has 1 aliphatic rings. The predicted octanol–water partition coefficient (Wildman–Crippen LogP) is 2.93. The molecule has 39 heavy (non-hydrogen) atoms. The number of anilines is 1. The van der Waals surface area contributed by atoms with E-state index in [-0.39, 0.29) is 29.5 Å². The lowest BCUT2D eigenvalue weighted by Crippen LogP contribution is -2.31. The molecule has 0 fully saturated rings. The zero-order chi connectivity index (χ0) is 28.1. The molecule has 2 aromatic carbocycles. The van der Waals surface area contributed by atoms with Gasteiger partial charge >= 0.3 is 0 Å². The van der Waals surface area contributed by atoms with Crippen LogP contribution in [0.1, 0.15) is 36.2 Å². The number of nitrogens with one attached hydrogen (secondary N) is 3. The van der Waals surface area contributed by atoms with Crippen LogP contribution in [0.2, 0.25) is 0 Å². The average Bonchev–Trinajstić information content (AvgIpc) is 3.19. The third kappa shape index (κ3) is 5.84. The van der Waals surface area contributed by atoms with Gasteiger partial charge in [0.15, 0.2) is 11.5 Å². The molecule has 10 heteroatoms. The van der Waals surface area contributed by atoms with Crippen molar-refractivity contribution in [2.24, 2.45) is 7.05 Å². The number of carbonyl (C=O) groups excluding carboxylic acids is 2. The fourth-order valence-corrected chi connectivity index (χ4v) is 4.96. The molecular weight excluding hydrogens is 500 g/mol. The SMILES string of the molecule is COc1cc2c(c(OC)c1OC)-c1ccc(NCC(=O)NCc3cccn3C)c(=O)cc1[C@@H](NC(C)=O)CC2. The number of carbonyl (C=O) groups is 2. The first kappa shape index (κ1) is 27.6. The molecule has 0 bridgehead atoms. The topological polar surface area (TPSA) is 120 Å². The second-order valence-electron chi connectivity index (χ2n) is 9.34. The minimum Gasteiger partial charge on any atom is -0.493 e. The van der Waals surface area contributed by atoms with Crippen LogP contribution in [0.5, 0.6) is 17.2 Å². The molecule has 3 N–H and O–H groups in total. The van der Waals surface area contributed by atoms with E-state index in [4.69, 9.17) is 14.2 Å². The van der Waals surface area contributed by atoms with Crippen molar-refractivity contribution < 1.29 is 23.8 Å². The van der Waals surface area contributed by atoms with E-state index in [1.54, 1.807) is 20.3 Å². The Kier molecular flexibility index (Phi) is 8.43. The summed E-state index contributed by atoms with van der Waals surface area (Å²) in [4.78, 5) is 37.9. The summed E-state index contributed by atoms with van der Waals surface area (Å²) in [6.07, 6.45) is 3.08. The minimum absolute atomic E-state index is 0.0750. The fourth-order valence-electron chi connectivity index (χ4n) is 4.96. The molecule has 1 heterocycles. The molecule has 206 valence electrons. The first-order valence-corrected chi connectivity index (χ1v) is 12.7. The Hall–Kier alpha value is -4.47. The Morgan fingerprint density at radius 1 is 1.05 bits per heavy atom. The third-order valence-corrected chi connectivity index (χ3v) is 6.87. The lowest BCUT2D eigenvalue weighted by molar-refractivity contribution is -0.120. The van der Waals surface area contributed by atoms with Crippen LogP contribution >= 0.6 is 0 Å². The van der Waals surface area contributed by atoms with Gasteiger partial charge in [-0.25, -0.2) is 0 Å². The van der Waals surface area contributed by atoms with Crippen molar-refractivity contribution in [2.45, 2.75) is 32.4 Å². The smallest absolute Gasteiger partial charge is 0.239 e. The van der Waals surface area contributed by atoms with Crippen LogP contribution in [0.3, 0.4) is 0 Å². The lowest BCUT2D eigenvalue weighted by atomic mass is 9.95. The summed E-state index contributed by atoms with van der Waals surface area (Å²) < 4.78 is 18.9. The maximum Gasteiger partial charge on any atom is 0.239 e. The summed E-state index contributed by atoms with van der Waals surface area (Å²) in [6, 6.07) is 10.3. The third-order valence-electron chi connectivity index (χ3n) is 6.87. The second-order valence-corrected chi connectivity index (χ2v) is 9.34. The molecule has 0 saturated carbocycles.